The van der Waals surface area contributed by atoms with Crippen molar-refractivity contribution in [2.24, 2.45) is 0 Å². The van der Waals surface area contributed by atoms with Crippen LogP contribution in [0.4, 0.5) is 0 Å². The summed E-state index contributed by atoms with van der Waals surface area (Å²) in [5.41, 5.74) is 1.07. The maximum absolute atomic E-state index is 11.1. The van der Waals surface area contributed by atoms with Crippen LogP contribution < -0.4 is 4.74 Å². The van der Waals surface area contributed by atoms with Gasteiger partial charge in [0.2, 0.25) is 0 Å². The molecule has 1 aromatic rings. The third-order valence-electron chi connectivity index (χ3n) is 2.11. The Morgan fingerprint density at radius 2 is 2.13 bits per heavy atom. The molecule has 0 amide bonds. The highest BCUT2D eigenvalue weighted by Gasteiger charge is 2.13. The third kappa shape index (κ3) is 3.67. The molecule has 0 aromatic heterocycles. The minimum absolute atomic E-state index is 0.126. The number of carbonyl (C=O) groups excluding carboxylic acids is 1. The van der Waals surface area contributed by atoms with E-state index in [1.807, 2.05) is 31.2 Å². The van der Waals surface area contributed by atoms with Crippen LogP contribution in [0, 0.1) is 0 Å². The Labute approximate surface area is 98.8 Å². The van der Waals surface area contributed by atoms with Crippen LogP contribution in [0.25, 0.3) is 0 Å². The molecular formula is C12H15BrO2. The van der Waals surface area contributed by atoms with Gasteiger partial charge in [-0.3, -0.25) is 4.79 Å². The summed E-state index contributed by atoms with van der Waals surface area (Å²) in [4.78, 5) is 11.0. The zero-order chi connectivity index (χ0) is 11.3. The minimum Gasteiger partial charge on any atom is -0.494 e. The molecule has 0 N–H and O–H groups in total. The Bertz CT molecular complexity index is 336. The lowest BCUT2D eigenvalue weighted by Crippen LogP contribution is -2.13. The van der Waals surface area contributed by atoms with Gasteiger partial charge in [-0.15, -0.1) is 0 Å². The lowest BCUT2D eigenvalue weighted by Gasteiger charge is -2.11. The average molecular weight is 271 g/mol. The normalized spacial score (nSPS) is 12.2. The van der Waals surface area contributed by atoms with Gasteiger partial charge in [0.15, 0.2) is 0 Å². The van der Waals surface area contributed by atoms with Crippen molar-refractivity contribution in [1.29, 1.82) is 0 Å². The Morgan fingerprint density at radius 1 is 1.47 bits per heavy atom. The molecule has 1 rings (SSSR count). The van der Waals surface area contributed by atoms with E-state index in [0.717, 1.165) is 11.3 Å². The number of ether oxygens (including phenoxy) is 1. The number of benzene rings is 1. The SMILES string of the molecule is CCOc1ccccc1CC(Br)C(C)=O. The summed E-state index contributed by atoms with van der Waals surface area (Å²) in [6.07, 6.45) is 0.672. The van der Waals surface area contributed by atoms with Crippen molar-refractivity contribution in [3.8, 4) is 5.75 Å². The molecule has 0 aliphatic carbocycles. The number of hydrogen-bond donors (Lipinski definition) is 0. The fourth-order valence-corrected chi connectivity index (χ4v) is 1.65. The second-order valence-corrected chi connectivity index (χ2v) is 4.43. The van der Waals surface area contributed by atoms with Crippen LogP contribution in [-0.4, -0.2) is 17.2 Å². The maximum atomic E-state index is 11.1. The quantitative estimate of drug-likeness (QED) is 0.769. The third-order valence-corrected chi connectivity index (χ3v) is 3.08. The van der Waals surface area contributed by atoms with Gasteiger partial charge in [0.1, 0.15) is 11.5 Å². The highest BCUT2D eigenvalue weighted by atomic mass is 79.9. The lowest BCUT2D eigenvalue weighted by atomic mass is 10.1. The predicted octanol–water partition coefficient (Wildman–Crippen LogP) is 2.98. The second kappa shape index (κ2) is 5.91. The number of ketones is 1. The van der Waals surface area contributed by atoms with Crippen molar-refractivity contribution < 1.29 is 9.53 Å². The molecule has 0 aliphatic heterocycles. The highest BCUT2D eigenvalue weighted by molar-refractivity contribution is 9.10. The first-order chi connectivity index (χ1) is 7.15. The summed E-state index contributed by atoms with van der Waals surface area (Å²) in [6, 6.07) is 7.81. The van der Waals surface area contributed by atoms with E-state index in [0.29, 0.717) is 13.0 Å². The van der Waals surface area contributed by atoms with Gasteiger partial charge in [-0.2, -0.15) is 0 Å². The van der Waals surface area contributed by atoms with Gasteiger partial charge in [-0.1, -0.05) is 34.1 Å². The summed E-state index contributed by atoms with van der Waals surface area (Å²) in [5, 5.41) is 0. The lowest BCUT2D eigenvalue weighted by molar-refractivity contribution is -0.116. The number of Topliss-reactive ketones (excluding diaryl/α,β-unsaturated/α-hetero) is 1. The van der Waals surface area contributed by atoms with Gasteiger partial charge < -0.3 is 4.74 Å². The first kappa shape index (κ1) is 12.2. The van der Waals surface area contributed by atoms with E-state index in [2.05, 4.69) is 15.9 Å². The molecule has 1 atom stereocenters. The molecule has 0 fully saturated rings. The van der Waals surface area contributed by atoms with Crippen LogP contribution >= 0.6 is 15.9 Å². The van der Waals surface area contributed by atoms with Gasteiger partial charge >= 0.3 is 0 Å². The number of para-hydroxylation sites is 1. The van der Waals surface area contributed by atoms with Crippen molar-refractivity contribution in [2.75, 3.05) is 6.61 Å². The zero-order valence-corrected chi connectivity index (χ0v) is 10.6. The molecule has 0 heterocycles. The first-order valence-electron chi connectivity index (χ1n) is 5.00. The molecule has 1 aromatic carbocycles. The molecule has 0 bridgehead atoms. The smallest absolute Gasteiger partial charge is 0.143 e. The zero-order valence-electron chi connectivity index (χ0n) is 9.00. The molecule has 0 saturated carbocycles. The number of rotatable bonds is 5. The molecule has 2 nitrogen and oxygen atoms in total. The van der Waals surface area contributed by atoms with E-state index in [-0.39, 0.29) is 10.6 Å². The van der Waals surface area contributed by atoms with Gasteiger partial charge in [-0.05, 0) is 31.9 Å². The first-order valence-corrected chi connectivity index (χ1v) is 5.92. The summed E-state index contributed by atoms with van der Waals surface area (Å²) in [6.45, 7) is 4.18. The molecule has 82 valence electrons. The topological polar surface area (TPSA) is 26.3 Å². The number of carbonyl (C=O) groups is 1. The molecule has 0 spiro atoms. The molecule has 1 unspecified atom stereocenters. The molecule has 0 saturated heterocycles. The number of hydrogen-bond acceptors (Lipinski definition) is 2. The van der Waals surface area contributed by atoms with Crippen LogP contribution in [0.5, 0.6) is 5.75 Å². The van der Waals surface area contributed by atoms with Crippen molar-refractivity contribution in [1.82, 2.24) is 0 Å². The maximum Gasteiger partial charge on any atom is 0.143 e. The Hall–Kier alpha value is -0.830. The van der Waals surface area contributed by atoms with Crippen LogP contribution in [0.2, 0.25) is 0 Å². The van der Waals surface area contributed by atoms with E-state index in [1.54, 1.807) is 6.92 Å². The molecule has 0 aliphatic rings. The van der Waals surface area contributed by atoms with Gasteiger partial charge in [-0.25, -0.2) is 0 Å². The van der Waals surface area contributed by atoms with Crippen molar-refractivity contribution >= 4 is 21.7 Å². The Kier molecular flexibility index (Phi) is 4.82. The largest absolute Gasteiger partial charge is 0.494 e. The van der Waals surface area contributed by atoms with Crippen LogP contribution in [-0.2, 0) is 11.2 Å². The monoisotopic (exact) mass is 270 g/mol. The van der Waals surface area contributed by atoms with Gasteiger partial charge in [0.25, 0.3) is 0 Å². The fourth-order valence-electron chi connectivity index (χ4n) is 1.31. The van der Waals surface area contributed by atoms with E-state index in [1.165, 1.54) is 0 Å². The van der Waals surface area contributed by atoms with E-state index < -0.39 is 0 Å². The summed E-state index contributed by atoms with van der Waals surface area (Å²) >= 11 is 3.36. The standard InChI is InChI=1S/C12H15BrO2/c1-3-15-12-7-5-4-6-10(12)8-11(13)9(2)14/h4-7,11H,3,8H2,1-2H3. The van der Waals surface area contributed by atoms with E-state index in [4.69, 9.17) is 4.74 Å². The van der Waals surface area contributed by atoms with Crippen LogP contribution in [0.15, 0.2) is 24.3 Å². The molecule has 0 radical (unpaired) electrons. The predicted molar refractivity (Wildman–Crippen MR) is 64.7 cm³/mol. The van der Waals surface area contributed by atoms with Crippen molar-refractivity contribution in [3.05, 3.63) is 29.8 Å². The minimum atomic E-state index is -0.126. The number of alkyl halides is 1. The van der Waals surface area contributed by atoms with Gasteiger partial charge in [0, 0.05) is 0 Å². The summed E-state index contributed by atoms with van der Waals surface area (Å²) in [5.74, 6) is 1.01. The molecular weight excluding hydrogens is 256 g/mol. The van der Waals surface area contributed by atoms with Crippen molar-refractivity contribution in [3.63, 3.8) is 0 Å². The van der Waals surface area contributed by atoms with Crippen LogP contribution in [0.3, 0.4) is 0 Å². The highest BCUT2D eigenvalue weighted by Crippen LogP contribution is 2.21. The van der Waals surface area contributed by atoms with Crippen molar-refractivity contribution in [2.45, 2.75) is 25.1 Å². The molecule has 15 heavy (non-hydrogen) atoms. The average Bonchev–Trinajstić information content (AvgIpc) is 2.21. The van der Waals surface area contributed by atoms with E-state index in [9.17, 15) is 4.79 Å². The van der Waals surface area contributed by atoms with Gasteiger partial charge in [0.05, 0.1) is 11.4 Å². The summed E-state index contributed by atoms with van der Waals surface area (Å²) < 4.78 is 5.49. The fraction of sp³-hybridized carbons (Fsp3) is 0.417. The second-order valence-electron chi connectivity index (χ2n) is 3.32. The Balaban J connectivity index is 2.79. The summed E-state index contributed by atoms with van der Waals surface area (Å²) in [7, 11) is 0. The number of halogens is 1. The Morgan fingerprint density at radius 3 is 2.73 bits per heavy atom. The molecule has 3 heteroatoms. The van der Waals surface area contributed by atoms with E-state index >= 15 is 0 Å². The van der Waals surface area contributed by atoms with Crippen LogP contribution in [0.1, 0.15) is 19.4 Å².